The van der Waals surface area contributed by atoms with Gasteiger partial charge in [0.2, 0.25) is 11.8 Å². The standard InChI is InChI=1S/2C13H22Cl3NOS2/c2*1-12(2)19-9-7-10(20-12)6-4-3-5-8-18-11(17)13(14,15)16/h2*10,17H,3-9H2,1-2H3. The second-order valence-corrected chi connectivity index (χ2v) is 23.0. The Morgan fingerprint density at radius 3 is 1.30 bits per heavy atom. The Bertz CT molecular complexity index is 704. The molecule has 40 heavy (non-hydrogen) atoms. The van der Waals surface area contributed by atoms with Gasteiger partial charge in [-0.3, -0.25) is 10.8 Å². The first-order valence-corrected chi connectivity index (χ1v) is 19.6. The first-order chi connectivity index (χ1) is 18.4. The molecule has 14 heteroatoms. The summed E-state index contributed by atoms with van der Waals surface area (Å²) in [5, 5.41) is 16.4. The minimum absolute atomic E-state index is 0.288. The zero-order valence-electron chi connectivity index (χ0n) is 23.8. The second-order valence-electron chi connectivity index (χ2n) is 10.6. The molecule has 0 amide bonds. The first kappa shape index (κ1) is 40.1. The van der Waals surface area contributed by atoms with Crippen LogP contribution in [0.1, 0.15) is 91.9 Å². The summed E-state index contributed by atoms with van der Waals surface area (Å²) in [7, 11) is 0. The molecule has 2 rings (SSSR count). The van der Waals surface area contributed by atoms with Gasteiger partial charge in [-0.15, -0.1) is 47.0 Å². The van der Waals surface area contributed by atoms with Gasteiger partial charge in [0.25, 0.3) is 7.59 Å². The lowest BCUT2D eigenvalue weighted by atomic mass is 10.1. The summed E-state index contributed by atoms with van der Waals surface area (Å²) in [5.74, 6) is 1.97. The van der Waals surface area contributed by atoms with E-state index in [2.05, 4.69) is 74.7 Å². The van der Waals surface area contributed by atoms with Crippen LogP contribution in [0.25, 0.3) is 0 Å². The van der Waals surface area contributed by atoms with Crippen LogP contribution in [0.4, 0.5) is 0 Å². The van der Waals surface area contributed by atoms with Gasteiger partial charge in [0, 0.05) is 10.5 Å². The number of thioether (sulfide) groups is 4. The Morgan fingerprint density at radius 2 is 1.00 bits per heavy atom. The predicted molar refractivity (Wildman–Crippen MR) is 190 cm³/mol. The third-order valence-corrected chi connectivity index (χ3v) is 13.4. The maximum Gasteiger partial charge on any atom is 0.265 e. The first-order valence-electron chi connectivity index (χ1n) is 13.6. The van der Waals surface area contributed by atoms with Crippen LogP contribution in [0.3, 0.4) is 0 Å². The lowest BCUT2D eigenvalue weighted by molar-refractivity contribution is 0.284. The number of halogens is 6. The van der Waals surface area contributed by atoms with Crippen molar-refractivity contribution < 1.29 is 9.47 Å². The van der Waals surface area contributed by atoms with E-state index < -0.39 is 7.59 Å². The highest BCUT2D eigenvalue weighted by atomic mass is 35.6. The number of rotatable bonds is 12. The number of hydrogen-bond acceptors (Lipinski definition) is 8. The van der Waals surface area contributed by atoms with E-state index in [4.69, 9.17) is 89.9 Å². The van der Waals surface area contributed by atoms with Crippen molar-refractivity contribution in [2.75, 3.05) is 24.7 Å². The zero-order chi connectivity index (χ0) is 30.5. The van der Waals surface area contributed by atoms with Crippen molar-refractivity contribution in [3.05, 3.63) is 0 Å². The lowest BCUT2D eigenvalue weighted by Crippen LogP contribution is -2.23. The van der Waals surface area contributed by atoms with Gasteiger partial charge in [0.1, 0.15) is 0 Å². The molecule has 0 spiro atoms. The van der Waals surface area contributed by atoms with Gasteiger partial charge < -0.3 is 9.47 Å². The quantitative estimate of drug-likeness (QED) is 0.0894. The topological polar surface area (TPSA) is 66.2 Å². The molecule has 2 aliphatic rings. The maximum absolute atomic E-state index is 7.40. The average molecular weight is 758 g/mol. The van der Waals surface area contributed by atoms with Crippen LogP contribution in [0.15, 0.2) is 0 Å². The van der Waals surface area contributed by atoms with Crippen LogP contribution in [0, 0.1) is 10.8 Å². The molecule has 2 heterocycles. The van der Waals surface area contributed by atoms with Gasteiger partial charge in [-0.25, -0.2) is 0 Å². The summed E-state index contributed by atoms with van der Waals surface area (Å²) in [6, 6.07) is 0. The van der Waals surface area contributed by atoms with Crippen LogP contribution in [0.2, 0.25) is 0 Å². The molecule has 2 fully saturated rings. The highest BCUT2D eigenvalue weighted by Crippen LogP contribution is 2.47. The molecule has 2 N–H and O–H groups in total. The molecule has 0 aromatic rings. The van der Waals surface area contributed by atoms with E-state index in [1.807, 2.05) is 0 Å². The molecule has 2 unspecified atom stereocenters. The molecule has 4 nitrogen and oxygen atoms in total. The van der Waals surface area contributed by atoms with Gasteiger partial charge in [-0.05, 0) is 77.7 Å². The fourth-order valence-electron chi connectivity index (χ4n) is 4.08. The zero-order valence-corrected chi connectivity index (χ0v) is 31.6. The lowest BCUT2D eigenvalue weighted by Gasteiger charge is -2.34. The molecule has 2 aliphatic heterocycles. The van der Waals surface area contributed by atoms with Crippen molar-refractivity contribution in [3.8, 4) is 0 Å². The average Bonchev–Trinajstić information content (AvgIpc) is 2.81. The fourth-order valence-corrected chi connectivity index (χ4v) is 11.0. The van der Waals surface area contributed by atoms with E-state index in [-0.39, 0.29) is 11.8 Å². The Morgan fingerprint density at radius 1 is 0.650 bits per heavy atom. The summed E-state index contributed by atoms with van der Waals surface area (Å²) >= 11 is 41.5. The van der Waals surface area contributed by atoms with Crippen molar-refractivity contribution in [2.45, 2.75) is 118 Å². The molecule has 0 saturated carbocycles. The molecule has 2 saturated heterocycles. The van der Waals surface area contributed by atoms with Crippen molar-refractivity contribution in [3.63, 3.8) is 0 Å². The third kappa shape index (κ3) is 19.5. The van der Waals surface area contributed by atoms with E-state index >= 15 is 0 Å². The van der Waals surface area contributed by atoms with Gasteiger partial charge >= 0.3 is 0 Å². The molecule has 0 radical (unpaired) electrons. The normalized spacial score (nSPS) is 22.6. The number of unbranched alkanes of at least 4 members (excludes halogenated alkanes) is 4. The molecule has 0 aliphatic carbocycles. The Hall–Kier alpha value is 2.08. The van der Waals surface area contributed by atoms with Crippen LogP contribution < -0.4 is 0 Å². The molecule has 0 aromatic heterocycles. The second kappa shape index (κ2) is 19.6. The van der Waals surface area contributed by atoms with Crippen LogP contribution in [0.5, 0.6) is 0 Å². The van der Waals surface area contributed by atoms with Crippen molar-refractivity contribution in [1.29, 1.82) is 10.8 Å². The number of ether oxygens (including phenoxy) is 2. The predicted octanol–water partition coefficient (Wildman–Crippen LogP) is 11.8. The molecule has 236 valence electrons. The van der Waals surface area contributed by atoms with Gasteiger partial charge in [-0.1, -0.05) is 95.3 Å². The van der Waals surface area contributed by atoms with Crippen LogP contribution >= 0.6 is 117 Å². The minimum atomic E-state index is -1.73. The summed E-state index contributed by atoms with van der Waals surface area (Å²) in [4.78, 5) is 0. The summed E-state index contributed by atoms with van der Waals surface area (Å²) in [6.45, 7) is 10.1. The summed E-state index contributed by atoms with van der Waals surface area (Å²) in [5.41, 5.74) is 0. The van der Waals surface area contributed by atoms with Gasteiger partial charge in [-0.2, -0.15) is 0 Å². The smallest absolute Gasteiger partial charge is 0.265 e. The van der Waals surface area contributed by atoms with Crippen molar-refractivity contribution in [2.24, 2.45) is 0 Å². The number of hydrogen-bond donors (Lipinski definition) is 2. The minimum Gasteiger partial charge on any atom is -0.478 e. The largest absolute Gasteiger partial charge is 0.478 e. The van der Waals surface area contributed by atoms with Gasteiger partial charge in [0.05, 0.1) is 21.4 Å². The van der Waals surface area contributed by atoms with E-state index in [1.165, 1.54) is 50.0 Å². The molecular formula is C26H44Cl6N2O2S4. The van der Waals surface area contributed by atoms with E-state index in [1.54, 1.807) is 0 Å². The van der Waals surface area contributed by atoms with Crippen LogP contribution in [-0.2, 0) is 9.47 Å². The maximum atomic E-state index is 7.40. The number of nitrogens with one attached hydrogen (secondary N) is 2. The van der Waals surface area contributed by atoms with Crippen LogP contribution in [-0.4, -0.2) is 62.8 Å². The van der Waals surface area contributed by atoms with E-state index in [9.17, 15) is 0 Å². The molecule has 2 atom stereocenters. The summed E-state index contributed by atoms with van der Waals surface area (Å²) in [6.07, 6.45) is 11.5. The van der Waals surface area contributed by atoms with E-state index in [0.717, 1.165) is 36.2 Å². The molecule has 0 bridgehead atoms. The Balaban J connectivity index is 0.000000400. The Kier molecular flexibility index (Phi) is 19.6. The van der Waals surface area contributed by atoms with Crippen molar-refractivity contribution >= 4 is 128 Å². The monoisotopic (exact) mass is 754 g/mol. The Labute approximate surface area is 289 Å². The SMILES string of the molecule is CC1(C)SCCC(CCCCCOC(=N)C(Cl)(Cl)Cl)S1.CC1(C)SCCC(CCCCCOC(=N)C(Cl)(Cl)Cl)S1. The third-order valence-electron chi connectivity index (χ3n) is 6.03. The molecule has 0 aromatic carbocycles. The summed E-state index contributed by atoms with van der Waals surface area (Å²) < 4.78 is 7.49. The fraction of sp³-hybridized carbons (Fsp3) is 0.923. The van der Waals surface area contributed by atoms with Gasteiger partial charge in [0.15, 0.2) is 0 Å². The highest BCUT2D eigenvalue weighted by molar-refractivity contribution is 8.19. The van der Waals surface area contributed by atoms with E-state index in [0.29, 0.717) is 21.4 Å². The highest BCUT2D eigenvalue weighted by Gasteiger charge is 2.31. The van der Waals surface area contributed by atoms with Crippen molar-refractivity contribution in [1.82, 2.24) is 0 Å². The number of alkyl halides is 6. The molecular weight excluding hydrogens is 713 g/mol.